The lowest BCUT2D eigenvalue weighted by Gasteiger charge is -2.30. The molecule has 1 rings (SSSR count). The minimum Gasteiger partial charge on any atom is -0.328 e. The second-order valence-corrected chi connectivity index (χ2v) is 5.25. The van der Waals surface area contributed by atoms with Crippen molar-refractivity contribution < 1.29 is 0 Å². The number of nitrogens with one attached hydrogen (secondary N) is 1. The Hall–Kier alpha value is 0.270. The maximum absolute atomic E-state index is 5.89. The van der Waals surface area contributed by atoms with Crippen molar-refractivity contribution in [2.24, 2.45) is 5.73 Å². The van der Waals surface area contributed by atoms with Crippen LogP contribution >= 0.6 is 11.8 Å². The molecule has 0 aromatic rings. The van der Waals surface area contributed by atoms with Crippen molar-refractivity contribution in [3.8, 4) is 0 Å². The summed E-state index contributed by atoms with van der Waals surface area (Å²) in [6, 6.07) is 1.89. The summed E-state index contributed by atoms with van der Waals surface area (Å²) in [5, 5.41) is 3.75. The van der Waals surface area contributed by atoms with Gasteiger partial charge in [-0.2, -0.15) is 11.8 Å². The quantitative estimate of drug-likeness (QED) is 0.738. The second-order valence-electron chi connectivity index (χ2n) is 4.34. The average molecular weight is 216 g/mol. The van der Waals surface area contributed by atoms with Gasteiger partial charge in [-0.15, -0.1) is 0 Å². The van der Waals surface area contributed by atoms with Gasteiger partial charge in [0, 0.05) is 23.9 Å². The van der Waals surface area contributed by atoms with Gasteiger partial charge in [-0.1, -0.05) is 6.92 Å². The number of hydrogen-bond acceptors (Lipinski definition) is 3. The Morgan fingerprint density at radius 3 is 2.50 bits per heavy atom. The summed E-state index contributed by atoms with van der Waals surface area (Å²) in [7, 11) is 0. The molecule has 0 aliphatic heterocycles. The molecule has 84 valence electrons. The minimum atomic E-state index is 0.466. The molecule has 0 saturated heterocycles. The first-order valence-corrected chi connectivity index (χ1v) is 7.16. The molecule has 0 radical (unpaired) electrons. The minimum absolute atomic E-state index is 0.466. The van der Waals surface area contributed by atoms with Crippen LogP contribution in [0.1, 0.15) is 39.0 Å². The molecular formula is C11H24N2S. The number of thioether (sulfide) groups is 1. The van der Waals surface area contributed by atoms with Gasteiger partial charge >= 0.3 is 0 Å². The van der Waals surface area contributed by atoms with Gasteiger partial charge in [0.2, 0.25) is 0 Å². The zero-order valence-electron chi connectivity index (χ0n) is 9.46. The molecule has 1 aliphatic rings. The third-order valence-electron chi connectivity index (χ3n) is 3.10. The Bertz CT molecular complexity index is 144. The van der Waals surface area contributed by atoms with Gasteiger partial charge in [0.15, 0.2) is 0 Å². The fourth-order valence-corrected chi connectivity index (χ4v) is 2.84. The first-order valence-electron chi connectivity index (χ1n) is 5.76. The van der Waals surface area contributed by atoms with E-state index < -0.39 is 0 Å². The molecule has 0 amide bonds. The van der Waals surface area contributed by atoms with E-state index in [-0.39, 0.29) is 0 Å². The summed E-state index contributed by atoms with van der Waals surface area (Å²) >= 11 is 1.94. The molecule has 1 fully saturated rings. The lowest BCUT2D eigenvalue weighted by atomic mass is 9.91. The van der Waals surface area contributed by atoms with E-state index in [1.165, 1.54) is 37.9 Å². The van der Waals surface area contributed by atoms with E-state index in [4.69, 9.17) is 5.73 Å². The van der Waals surface area contributed by atoms with Crippen molar-refractivity contribution >= 4 is 11.8 Å². The zero-order chi connectivity index (χ0) is 10.4. The topological polar surface area (TPSA) is 38.0 Å². The van der Waals surface area contributed by atoms with Crippen LogP contribution in [-0.4, -0.2) is 30.1 Å². The summed E-state index contributed by atoms with van der Waals surface area (Å²) in [5.41, 5.74) is 5.89. The van der Waals surface area contributed by atoms with E-state index in [0.29, 0.717) is 12.1 Å². The Morgan fingerprint density at radius 1 is 1.36 bits per heavy atom. The first-order chi connectivity index (χ1) is 6.76. The molecule has 14 heavy (non-hydrogen) atoms. The van der Waals surface area contributed by atoms with E-state index in [2.05, 4.69) is 18.5 Å². The van der Waals surface area contributed by atoms with Gasteiger partial charge in [0.05, 0.1) is 0 Å². The molecular weight excluding hydrogens is 192 g/mol. The highest BCUT2D eigenvalue weighted by Crippen LogP contribution is 2.18. The van der Waals surface area contributed by atoms with Crippen LogP contribution in [0.5, 0.6) is 0 Å². The average Bonchev–Trinajstić information content (AvgIpc) is 2.20. The third kappa shape index (κ3) is 4.20. The van der Waals surface area contributed by atoms with Gasteiger partial charge in [0.25, 0.3) is 0 Å². The zero-order valence-corrected chi connectivity index (χ0v) is 10.3. The Labute approximate surface area is 92.4 Å². The fourth-order valence-electron chi connectivity index (χ4n) is 2.10. The molecule has 0 heterocycles. The van der Waals surface area contributed by atoms with Crippen LogP contribution in [0.25, 0.3) is 0 Å². The van der Waals surface area contributed by atoms with Crippen molar-refractivity contribution in [1.82, 2.24) is 5.32 Å². The fraction of sp³-hybridized carbons (Fsp3) is 1.00. The summed E-state index contributed by atoms with van der Waals surface area (Å²) in [6.45, 7) is 2.27. The van der Waals surface area contributed by atoms with Crippen LogP contribution in [0.3, 0.4) is 0 Å². The lowest BCUT2D eigenvalue weighted by molar-refractivity contribution is 0.319. The maximum Gasteiger partial charge on any atom is 0.0158 e. The van der Waals surface area contributed by atoms with Crippen LogP contribution in [0.2, 0.25) is 0 Å². The van der Waals surface area contributed by atoms with E-state index in [9.17, 15) is 0 Å². The van der Waals surface area contributed by atoms with Crippen molar-refractivity contribution in [2.75, 3.05) is 12.0 Å². The number of rotatable bonds is 5. The Balaban J connectivity index is 2.21. The van der Waals surface area contributed by atoms with Crippen molar-refractivity contribution in [3.05, 3.63) is 0 Å². The van der Waals surface area contributed by atoms with E-state index >= 15 is 0 Å². The van der Waals surface area contributed by atoms with E-state index in [1.54, 1.807) is 0 Å². The SMILES string of the molecule is CCC(CSC)NC1CCC(N)CC1. The molecule has 1 atom stereocenters. The number of hydrogen-bond donors (Lipinski definition) is 2. The molecule has 3 heteroatoms. The molecule has 0 spiro atoms. The largest absolute Gasteiger partial charge is 0.328 e. The van der Waals surface area contributed by atoms with Gasteiger partial charge in [-0.3, -0.25) is 0 Å². The Morgan fingerprint density at radius 2 is 2.00 bits per heavy atom. The van der Waals surface area contributed by atoms with Crippen molar-refractivity contribution in [1.29, 1.82) is 0 Å². The third-order valence-corrected chi connectivity index (χ3v) is 3.84. The van der Waals surface area contributed by atoms with Gasteiger partial charge < -0.3 is 11.1 Å². The van der Waals surface area contributed by atoms with Gasteiger partial charge in [-0.05, 0) is 38.4 Å². The second kappa shape index (κ2) is 6.70. The number of nitrogens with two attached hydrogens (primary N) is 1. The summed E-state index contributed by atoms with van der Waals surface area (Å²) in [6.07, 6.45) is 8.36. The van der Waals surface area contributed by atoms with E-state index in [1.807, 2.05) is 11.8 Å². The molecule has 3 N–H and O–H groups in total. The molecule has 0 bridgehead atoms. The van der Waals surface area contributed by atoms with Crippen LogP contribution in [0.15, 0.2) is 0 Å². The van der Waals surface area contributed by atoms with Crippen molar-refractivity contribution in [3.63, 3.8) is 0 Å². The van der Waals surface area contributed by atoms with Gasteiger partial charge in [-0.25, -0.2) is 0 Å². The molecule has 0 aromatic heterocycles. The summed E-state index contributed by atoms with van der Waals surface area (Å²) in [5.74, 6) is 1.24. The highest BCUT2D eigenvalue weighted by atomic mass is 32.2. The smallest absolute Gasteiger partial charge is 0.0158 e. The summed E-state index contributed by atoms with van der Waals surface area (Å²) < 4.78 is 0. The summed E-state index contributed by atoms with van der Waals surface area (Å²) in [4.78, 5) is 0. The monoisotopic (exact) mass is 216 g/mol. The molecule has 0 aromatic carbocycles. The van der Waals surface area contributed by atoms with Crippen LogP contribution < -0.4 is 11.1 Å². The standard InChI is InChI=1S/C11H24N2S/c1-3-10(8-14-2)13-11-6-4-9(12)5-7-11/h9-11,13H,3-8,12H2,1-2H3. The lowest BCUT2D eigenvalue weighted by Crippen LogP contribution is -2.43. The molecule has 1 unspecified atom stereocenters. The molecule has 2 nitrogen and oxygen atoms in total. The first kappa shape index (κ1) is 12.3. The van der Waals surface area contributed by atoms with Crippen molar-refractivity contribution in [2.45, 2.75) is 57.2 Å². The highest BCUT2D eigenvalue weighted by molar-refractivity contribution is 7.98. The van der Waals surface area contributed by atoms with Crippen LogP contribution in [0, 0.1) is 0 Å². The molecule has 1 saturated carbocycles. The van der Waals surface area contributed by atoms with Crippen LogP contribution in [-0.2, 0) is 0 Å². The Kier molecular flexibility index (Phi) is 5.90. The maximum atomic E-state index is 5.89. The highest BCUT2D eigenvalue weighted by Gasteiger charge is 2.20. The predicted octanol–water partition coefficient (Wildman–Crippen LogP) is 1.99. The molecule has 1 aliphatic carbocycles. The predicted molar refractivity (Wildman–Crippen MR) is 65.8 cm³/mol. The van der Waals surface area contributed by atoms with Gasteiger partial charge in [0.1, 0.15) is 0 Å². The van der Waals surface area contributed by atoms with E-state index in [0.717, 1.165) is 6.04 Å². The normalized spacial score (nSPS) is 30.2. The van der Waals surface area contributed by atoms with Crippen LogP contribution in [0.4, 0.5) is 0 Å².